The Balaban J connectivity index is 1.68. The summed E-state index contributed by atoms with van der Waals surface area (Å²) in [6, 6.07) is 17.8. The molecule has 4 nitrogen and oxygen atoms in total. The maximum absolute atomic E-state index is 12.9. The van der Waals surface area contributed by atoms with Crippen LogP contribution in [0, 0.1) is 5.41 Å². The minimum atomic E-state index is -0.650. The summed E-state index contributed by atoms with van der Waals surface area (Å²) in [5, 5.41) is 11.2. The first kappa shape index (κ1) is 16.3. The lowest BCUT2D eigenvalue weighted by molar-refractivity contribution is 0.00629. The van der Waals surface area contributed by atoms with E-state index in [1.54, 1.807) is 0 Å². The SMILES string of the molecule is CN1C(=O)c2ccccc2[C@H](O)[C@]2(C)CN(Cc3ccccc3)C[C@@H]12. The van der Waals surface area contributed by atoms with Crippen molar-refractivity contribution in [2.45, 2.75) is 25.6 Å². The zero-order chi connectivity index (χ0) is 17.6. The summed E-state index contributed by atoms with van der Waals surface area (Å²) < 4.78 is 0. The molecule has 0 aliphatic carbocycles. The summed E-state index contributed by atoms with van der Waals surface area (Å²) in [7, 11) is 1.87. The molecule has 2 aromatic carbocycles. The molecule has 0 spiro atoms. The number of likely N-dealkylation sites (N-methyl/N-ethyl adjacent to an activating group) is 1. The molecule has 0 aromatic heterocycles. The Morgan fingerprint density at radius 1 is 1.12 bits per heavy atom. The van der Waals surface area contributed by atoms with Gasteiger partial charge in [0, 0.05) is 37.7 Å². The number of hydrogen-bond donors (Lipinski definition) is 1. The predicted octanol–water partition coefficient (Wildman–Crippen LogP) is 2.70. The average molecular weight is 336 g/mol. The van der Waals surface area contributed by atoms with E-state index in [1.807, 2.05) is 54.4 Å². The van der Waals surface area contributed by atoms with Crippen molar-refractivity contribution < 1.29 is 9.90 Å². The fraction of sp³-hybridized carbons (Fsp3) is 0.381. The fourth-order valence-corrected chi connectivity index (χ4v) is 4.52. The Bertz CT molecular complexity index is 791. The maximum atomic E-state index is 12.9. The lowest BCUT2D eigenvalue weighted by atomic mass is 9.76. The molecule has 1 fully saturated rings. The average Bonchev–Trinajstić information content (AvgIpc) is 2.95. The first-order valence-corrected chi connectivity index (χ1v) is 8.81. The predicted molar refractivity (Wildman–Crippen MR) is 97.1 cm³/mol. The molecular formula is C21H24N2O2. The number of aliphatic hydroxyl groups excluding tert-OH is 1. The molecule has 2 heterocycles. The number of benzene rings is 2. The number of likely N-dealkylation sites (tertiary alicyclic amines) is 1. The van der Waals surface area contributed by atoms with Crippen molar-refractivity contribution in [1.29, 1.82) is 0 Å². The van der Waals surface area contributed by atoms with Crippen LogP contribution in [0.15, 0.2) is 54.6 Å². The van der Waals surface area contributed by atoms with Crippen LogP contribution in [-0.4, -0.2) is 47.0 Å². The largest absolute Gasteiger partial charge is 0.388 e. The van der Waals surface area contributed by atoms with Crippen LogP contribution in [0.2, 0.25) is 0 Å². The van der Waals surface area contributed by atoms with E-state index in [2.05, 4.69) is 24.0 Å². The van der Waals surface area contributed by atoms with Gasteiger partial charge in [0.25, 0.3) is 5.91 Å². The minimum absolute atomic E-state index is 0.00457. The van der Waals surface area contributed by atoms with Gasteiger partial charge >= 0.3 is 0 Å². The molecule has 4 rings (SSSR count). The number of nitrogens with zero attached hydrogens (tertiary/aromatic N) is 2. The quantitative estimate of drug-likeness (QED) is 0.917. The fourth-order valence-electron chi connectivity index (χ4n) is 4.52. The molecular weight excluding hydrogens is 312 g/mol. The first-order valence-electron chi connectivity index (χ1n) is 8.81. The van der Waals surface area contributed by atoms with Crippen molar-refractivity contribution in [2.75, 3.05) is 20.1 Å². The smallest absolute Gasteiger partial charge is 0.254 e. The Kier molecular flexibility index (Phi) is 3.89. The highest BCUT2D eigenvalue weighted by Gasteiger charge is 2.53. The Morgan fingerprint density at radius 3 is 2.56 bits per heavy atom. The second-order valence-electron chi connectivity index (χ2n) is 7.58. The van der Waals surface area contributed by atoms with Crippen LogP contribution >= 0.6 is 0 Å². The van der Waals surface area contributed by atoms with E-state index in [4.69, 9.17) is 0 Å². The first-order chi connectivity index (χ1) is 12.0. The Morgan fingerprint density at radius 2 is 1.80 bits per heavy atom. The molecule has 2 aliphatic heterocycles. The van der Waals surface area contributed by atoms with Crippen LogP contribution in [0.25, 0.3) is 0 Å². The van der Waals surface area contributed by atoms with Crippen molar-refractivity contribution in [2.24, 2.45) is 5.41 Å². The van der Waals surface area contributed by atoms with E-state index >= 15 is 0 Å². The van der Waals surface area contributed by atoms with Crippen LogP contribution in [-0.2, 0) is 6.54 Å². The van der Waals surface area contributed by atoms with E-state index in [0.29, 0.717) is 5.56 Å². The molecule has 4 heteroatoms. The summed E-state index contributed by atoms with van der Waals surface area (Å²) in [5.41, 5.74) is 2.26. The summed E-state index contributed by atoms with van der Waals surface area (Å²) in [4.78, 5) is 17.1. The van der Waals surface area contributed by atoms with Crippen molar-refractivity contribution in [3.63, 3.8) is 0 Å². The highest BCUT2D eigenvalue weighted by molar-refractivity contribution is 5.96. The van der Waals surface area contributed by atoms with Gasteiger partial charge in [-0.15, -0.1) is 0 Å². The van der Waals surface area contributed by atoms with Gasteiger partial charge in [0.05, 0.1) is 12.1 Å². The van der Waals surface area contributed by atoms with Crippen LogP contribution in [0.5, 0.6) is 0 Å². The number of aliphatic hydroxyl groups is 1. The lowest BCUT2D eigenvalue weighted by Gasteiger charge is -2.37. The third-order valence-electron chi connectivity index (χ3n) is 5.90. The monoisotopic (exact) mass is 336 g/mol. The van der Waals surface area contributed by atoms with Crippen molar-refractivity contribution in [3.8, 4) is 0 Å². The molecule has 1 saturated heterocycles. The number of carbonyl (C=O) groups is 1. The lowest BCUT2D eigenvalue weighted by Crippen LogP contribution is -2.47. The molecule has 130 valence electrons. The number of fused-ring (bicyclic) bond motifs is 2. The highest BCUT2D eigenvalue weighted by Crippen LogP contribution is 2.47. The highest BCUT2D eigenvalue weighted by atomic mass is 16.3. The van der Waals surface area contributed by atoms with Gasteiger partial charge in [-0.1, -0.05) is 55.5 Å². The third-order valence-corrected chi connectivity index (χ3v) is 5.90. The number of carbonyl (C=O) groups excluding carboxylic acids is 1. The van der Waals surface area contributed by atoms with Crippen LogP contribution in [0.3, 0.4) is 0 Å². The van der Waals surface area contributed by atoms with Crippen LogP contribution in [0.4, 0.5) is 0 Å². The van der Waals surface area contributed by atoms with Gasteiger partial charge in [0.15, 0.2) is 0 Å². The van der Waals surface area contributed by atoms with Crippen molar-refractivity contribution in [3.05, 3.63) is 71.3 Å². The molecule has 25 heavy (non-hydrogen) atoms. The molecule has 2 aliphatic rings. The van der Waals surface area contributed by atoms with E-state index in [-0.39, 0.29) is 17.4 Å². The van der Waals surface area contributed by atoms with Crippen LogP contribution in [0.1, 0.15) is 34.5 Å². The minimum Gasteiger partial charge on any atom is -0.388 e. The normalized spacial score (nSPS) is 29.2. The third kappa shape index (κ3) is 2.57. The topological polar surface area (TPSA) is 43.8 Å². The molecule has 0 unspecified atom stereocenters. The second-order valence-corrected chi connectivity index (χ2v) is 7.58. The summed E-state index contributed by atoms with van der Waals surface area (Å²) in [6.07, 6.45) is -0.650. The number of rotatable bonds is 2. The standard InChI is InChI=1S/C21H24N2O2/c1-21-14-23(12-15-8-4-3-5-9-15)13-18(21)22(2)20(25)17-11-7-6-10-16(17)19(21)24/h3-11,18-19,24H,12-14H2,1-2H3/t18-,19+,21-/m1/s1. The van der Waals surface area contributed by atoms with Gasteiger partial charge in [-0.3, -0.25) is 9.69 Å². The molecule has 0 radical (unpaired) electrons. The van der Waals surface area contributed by atoms with Gasteiger partial charge in [0.2, 0.25) is 0 Å². The second kappa shape index (κ2) is 5.97. The summed E-state index contributed by atoms with van der Waals surface area (Å²) in [6.45, 7) is 4.49. The zero-order valence-electron chi connectivity index (χ0n) is 14.7. The number of amides is 1. The summed E-state index contributed by atoms with van der Waals surface area (Å²) in [5.74, 6) is 0.00457. The maximum Gasteiger partial charge on any atom is 0.254 e. The van der Waals surface area contributed by atoms with Gasteiger partial charge in [0.1, 0.15) is 0 Å². The molecule has 2 aromatic rings. The van der Waals surface area contributed by atoms with E-state index in [1.165, 1.54) is 5.56 Å². The Labute approximate surface area is 148 Å². The molecule has 3 atom stereocenters. The molecule has 1 N–H and O–H groups in total. The number of hydrogen-bond acceptors (Lipinski definition) is 3. The van der Waals surface area contributed by atoms with Crippen molar-refractivity contribution >= 4 is 5.91 Å². The van der Waals surface area contributed by atoms with E-state index < -0.39 is 6.10 Å². The van der Waals surface area contributed by atoms with Gasteiger partial charge in [-0.05, 0) is 17.2 Å². The Hall–Kier alpha value is -2.17. The molecule has 0 bridgehead atoms. The molecule has 1 amide bonds. The molecule has 0 saturated carbocycles. The van der Waals surface area contributed by atoms with E-state index in [0.717, 1.165) is 25.2 Å². The van der Waals surface area contributed by atoms with E-state index in [9.17, 15) is 9.90 Å². The van der Waals surface area contributed by atoms with Gasteiger partial charge < -0.3 is 10.0 Å². The van der Waals surface area contributed by atoms with Gasteiger partial charge in [-0.2, -0.15) is 0 Å². The van der Waals surface area contributed by atoms with Gasteiger partial charge in [-0.25, -0.2) is 0 Å². The zero-order valence-corrected chi connectivity index (χ0v) is 14.7. The van der Waals surface area contributed by atoms with Crippen LogP contribution < -0.4 is 0 Å². The van der Waals surface area contributed by atoms with Crippen molar-refractivity contribution in [1.82, 2.24) is 9.80 Å². The summed E-state index contributed by atoms with van der Waals surface area (Å²) >= 11 is 0.